The number of nitrogens with zero attached hydrogens (tertiary/aromatic N) is 2. The molecule has 0 fully saturated rings. The van der Waals surface area contributed by atoms with Crippen molar-refractivity contribution < 1.29 is 4.79 Å². The molecule has 22 heavy (non-hydrogen) atoms. The smallest absolute Gasteiger partial charge is 0.237 e. The van der Waals surface area contributed by atoms with E-state index >= 15 is 0 Å². The molecule has 0 saturated heterocycles. The van der Waals surface area contributed by atoms with Crippen LogP contribution in [0.5, 0.6) is 0 Å². The van der Waals surface area contributed by atoms with Crippen molar-refractivity contribution in [2.75, 3.05) is 7.05 Å². The first-order valence-corrected chi connectivity index (χ1v) is 8.32. The van der Waals surface area contributed by atoms with E-state index < -0.39 is 0 Å². The zero-order valence-electron chi connectivity index (χ0n) is 13.5. The Morgan fingerprint density at radius 3 is 2.59 bits per heavy atom. The predicted octanol–water partition coefficient (Wildman–Crippen LogP) is 3.15. The standard InChI is InChI=1S/C17H23N3OS/c1-12(15-8-6-5-7-9-15)18-17(21)13(2)20(4)10-16-11-22-14(3)19-16/h5-9,11-13H,10H2,1-4H3,(H,18,21). The molecule has 0 saturated carbocycles. The Hall–Kier alpha value is -1.72. The Morgan fingerprint density at radius 1 is 1.32 bits per heavy atom. The number of aryl methyl sites for hydroxylation is 1. The van der Waals surface area contributed by atoms with Crippen LogP contribution < -0.4 is 5.32 Å². The highest BCUT2D eigenvalue weighted by Crippen LogP contribution is 2.14. The Bertz CT molecular complexity index is 611. The summed E-state index contributed by atoms with van der Waals surface area (Å²) in [5.41, 5.74) is 2.13. The zero-order chi connectivity index (χ0) is 16.1. The molecule has 2 aromatic rings. The molecule has 2 rings (SSSR count). The van der Waals surface area contributed by atoms with Gasteiger partial charge in [-0.1, -0.05) is 30.3 Å². The maximum Gasteiger partial charge on any atom is 0.237 e. The summed E-state index contributed by atoms with van der Waals surface area (Å²) >= 11 is 1.64. The molecular weight excluding hydrogens is 294 g/mol. The third kappa shape index (κ3) is 4.39. The second-order valence-electron chi connectivity index (χ2n) is 5.59. The van der Waals surface area contributed by atoms with Gasteiger partial charge < -0.3 is 5.32 Å². The lowest BCUT2D eigenvalue weighted by molar-refractivity contribution is -0.126. The van der Waals surface area contributed by atoms with Gasteiger partial charge in [-0.25, -0.2) is 4.98 Å². The molecule has 1 amide bonds. The van der Waals surface area contributed by atoms with Crippen molar-refractivity contribution in [2.45, 2.75) is 39.4 Å². The maximum atomic E-state index is 12.4. The predicted molar refractivity (Wildman–Crippen MR) is 90.8 cm³/mol. The number of benzene rings is 1. The van der Waals surface area contributed by atoms with Gasteiger partial charge in [-0.3, -0.25) is 9.69 Å². The number of likely N-dealkylation sites (N-methyl/N-ethyl adjacent to an activating group) is 1. The molecule has 0 aliphatic heterocycles. The molecule has 1 aromatic heterocycles. The van der Waals surface area contributed by atoms with Gasteiger partial charge in [0.2, 0.25) is 5.91 Å². The van der Waals surface area contributed by atoms with Gasteiger partial charge in [-0.15, -0.1) is 11.3 Å². The molecule has 1 N–H and O–H groups in total. The highest BCUT2D eigenvalue weighted by Gasteiger charge is 2.20. The van der Waals surface area contributed by atoms with E-state index in [1.165, 1.54) is 0 Å². The minimum Gasteiger partial charge on any atom is -0.348 e. The first-order valence-electron chi connectivity index (χ1n) is 7.44. The number of amides is 1. The minimum absolute atomic E-state index is 0.00562. The van der Waals surface area contributed by atoms with Crippen LogP contribution in [0.2, 0.25) is 0 Å². The zero-order valence-corrected chi connectivity index (χ0v) is 14.4. The first-order chi connectivity index (χ1) is 10.5. The average Bonchev–Trinajstić information content (AvgIpc) is 2.92. The van der Waals surface area contributed by atoms with E-state index in [-0.39, 0.29) is 18.0 Å². The first kappa shape index (κ1) is 16.6. The second kappa shape index (κ2) is 7.51. The van der Waals surface area contributed by atoms with Crippen LogP contribution in [-0.4, -0.2) is 28.9 Å². The molecular formula is C17H23N3OS. The number of rotatable bonds is 6. The Morgan fingerprint density at radius 2 is 2.00 bits per heavy atom. The number of nitrogens with one attached hydrogen (secondary N) is 1. The molecule has 0 aliphatic rings. The summed E-state index contributed by atoms with van der Waals surface area (Å²) in [5.74, 6) is 0.0332. The van der Waals surface area contributed by atoms with E-state index in [4.69, 9.17) is 0 Å². The fraction of sp³-hybridized carbons (Fsp3) is 0.412. The number of carbonyl (C=O) groups is 1. The Balaban J connectivity index is 1.91. The molecule has 1 aromatic carbocycles. The lowest BCUT2D eigenvalue weighted by Gasteiger charge is -2.25. The van der Waals surface area contributed by atoms with Crippen molar-refractivity contribution >= 4 is 17.2 Å². The molecule has 5 heteroatoms. The largest absolute Gasteiger partial charge is 0.348 e. The van der Waals surface area contributed by atoms with Crippen LogP contribution in [0.3, 0.4) is 0 Å². The Kier molecular flexibility index (Phi) is 5.69. The van der Waals surface area contributed by atoms with Crippen LogP contribution in [0.4, 0.5) is 0 Å². The van der Waals surface area contributed by atoms with Crippen LogP contribution in [0.15, 0.2) is 35.7 Å². The summed E-state index contributed by atoms with van der Waals surface area (Å²) in [6.07, 6.45) is 0. The average molecular weight is 317 g/mol. The molecule has 2 unspecified atom stereocenters. The summed E-state index contributed by atoms with van der Waals surface area (Å²) < 4.78 is 0. The molecule has 0 aliphatic carbocycles. The normalized spacial score (nSPS) is 13.9. The van der Waals surface area contributed by atoms with Gasteiger partial charge in [0.1, 0.15) is 0 Å². The van der Waals surface area contributed by atoms with E-state index in [0.717, 1.165) is 16.3 Å². The Labute approximate surface area is 136 Å². The van der Waals surface area contributed by atoms with Crippen molar-refractivity contribution in [1.29, 1.82) is 0 Å². The lowest BCUT2D eigenvalue weighted by Crippen LogP contribution is -2.43. The second-order valence-corrected chi connectivity index (χ2v) is 6.65. The van der Waals surface area contributed by atoms with Crippen molar-refractivity contribution in [3.05, 3.63) is 52.0 Å². The summed E-state index contributed by atoms with van der Waals surface area (Å²) in [6.45, 7) is 6.60. The van der Waals surface area contributed by atoms with Crippen molar-refractivity contribution in [1.82, 2.24) is 15.2 Å². The quantitative estimate of drug-likeness (QED) is 0.890. The third-order valence-corrected chi connectivity index (χ3v) is 4.60. The van der Waals surface area contributed by atoms with E-state index in [1.54, 1.807) is 11.3 Å². The molecule has 1 heterocycles. The highest BCUT2D eigenvalue weighted by atomic mass is 32.1. The molecule has 118 valence electrons. The summed E-state index contributed by atoms with van der Waals surface area (Å²) in [6, 6.07) is 9.80. The van der Waals surface area contributed by atoms with Gasteiger partial charge in [-0.05, 0) is 33.4 Å². The van der Waals surface area contributed by atoms with E-state index in [2.05, 4.69) is 10.3 Å². The van der Waals surface area contributed by atoms with E-state index in [0.29, 0.717) is 6.54 Å². The molecule has 4 nitrogen and oxygen atoms in total. The third-order valence-electron chi connectivity index (χ3n) is 3.78. The van der Waals surface area contributed by atoms with Crippen LogP contribution in [0.1, 0.15) is 36.2 Å². The number of carbonyl (C=O) groups excluding carboxylic acids is 1. The monoisotopic (exact) mass is 317 g/mol. The van der Waals surface area contributed by atoms with Crippen LogP contribution in [-0.2, 0) is 11.3 Å². The highest BCUT2D eigenvalue weighted by molar-refractivity contribution is 7.09. The van der Waals surface area contributed by atoms with Gasteiger partial charge in [0, 0.05) is 11.9 Å². The fourth-order valence-electron chi connectivity index (χ4n) is 2.23. The van der Waals surface area contributed by atoms with Crippen molar-refractivity contribution in [3.8, 4) is 0 Å². The number of hydrogen-bond acceptors (Lipinski definition) is 4. The minimum atomic E-state index is -0.201. The molecule has 0 spiro atoms. The van der Waals surface area contributed by atoms with Gasteiger partial charge >= 0.3 is 0 Å². The van der Waals surface area contributed by atoms with Crippen LogP contribution >= 0.6 is 11.3 Å². The molecule has 2 atom stereocenters. The van der Waals surface area contributed by atoms with Crippen molar-refractivity contribution in [3.63, 3.8) is 0 Å². The number of hydrogen-bond donors (Lipinski definition) is 1. The molecule has 0 bridgehead atoms. The van der Waals surface area contributed by atoms with Gasteiger partial charge in [0.25, 0.3) is 0 Å². The van der Waals surface area contributed by atoms with E-state index in [9.17, 15) is 4.79 Å². The number of thiazole rings is 1. The van der Waals surface area contributed by atoms with Crippen molar-refractivity contribution in [2.24, 2.45) is 0 Å². The number of aromatic nitrogens is 1. The van der Waals surface area contributed by atoms with Crippen LogP contribution in [0, 0.1) is 6.92 Å². The fourth-order valence-corrected chi connectivity index (χ4v) is 2.84. The summed E-state index contributed by atoms with van der Waals surface area (Å²) in [5, 5.41) is 6.17. The SMILES string of the molecule is Cc1nc(CN(C)C(C)C(=O)NC(C)c2ccccc2)cs1. The maximum absolute atomic E-state index is 12.4. The topological polar surface area (TPSA) is 45.2 Å². The van der Waals surface area contributed by atoms with Gasteiger partial charge in [0.05, 0.1) is 22.8 Å². The van der Waals surface area contributed by atoms with Gasteiger partial charge in [0.15, 0.2) is 0 Å². The van der Waals surface area contributed by atoms with E-state index in [1.807, 2.05) is 68.4 Å². The summed E-state index contributed by atoms with van der Waals surface area (Å²) in [4.78, 5) is 18.9. The lowest BCUT2D eigenvalue weighted by atomic mass is 10.1. The summed E-state index contributed by atoms with van der Waals surface area (Å²) in [7, 11) is 1.95. The van der Waals surface area contributed by atoms with Crippen LogP contribution in [0.25, 0.3) is 0 Å². The molecule has 0 radical (unpaired) electrons. The van der Waals surface area contributed by atoms with Gasteiger partial charge in [-0.2, -0.15) is 0 Å².